The molecule has 0 saturated heterocycles. The Hall–Kier alpha value is 0.160. The third kappa shape index (κ3) is 2.84. The first-order chi connectivity index (χ1) is 8.69. The number of rotatable bonds is 3. The minimum absolute atomic E-state index is 0.758. The van der Waals surface area contributed by atoms with E-state index >= 15 is 0 Å². The number of hydrogen-bond acceptors (Lipinski definition) is 0. The first-order valence-electron chi connectivity index (χ1n) is 5.82. The maximum Gasteiger partial charge on any atom is -0.00679 e. The van der Waals surface area contributed by atoms with Crippen molar-refractivity contribution in [3.05, 3.63) is 47.5 Å². The van der Waals surface area contributed by atoms with Gasteiger partial charge in [0.15, 0.2) is 0 Å². The van der Waals surface area contributed by atoms with Gasteiger partial charge < -0.3 is 0 Å². The summed E-state index contributed by atoms with van der Waals surface area (Å²) in [7, 11) is 7.26. The Morgan fingerprint density at radius 1 is 0.722 bits per heavy atom. The van der Waals surface area contributed by atoms with E-state index in [1.807, 2.05) is 0 Å². The summed E-state index contributed by atoms with van der Waals surface area (Å²) in [6, 6.07) is 13.2. The molecule has 0 aliphatic heterocycles. The second-order valence-corrected chi connectivity index (χ2v) is 7.67. The molecule has 4 heteroatoms. The fourth-order valence-corrected chi connectivity index (χ4v) is 5.00. The summed E-state index contributed by atoms with van der Waals surface area (Å²) >= 11 is 0. The highest BCUT2D eigenvalue weighted by Gasteiger charge is 2.12. The third-order valence-electron chi connectivity index (χ3n) is 3.11. The lowest BCUT2D eigenvalue weighted by atomic mass is 9.96. The molecule has 0 heterocycles. The summed E-state index contributed by atoms with van der Waals surface area (Å²) in [6.07, 6.45) is 0. The van der Waals surface area contributed by atoms with E-state index in [9.17, 15) is 0 Å². The summed E-state index contributed by atoms with van der Waals surface area (Å²) in [5.41, 5.74) is 5.63. The largest absolute Gasteiger partial charge is 0.110 e. The first kappa shape index (κ1) is 14.6. The lowest BCUT2D eigenvalue weighted by molar-refractivity contribution is 1.44. The van der Waals surface area contributed by atoms with Gasteiger partial charge in [-0.3, -0.25) is 0 Å². The predicted octanol–water partition coefficient (Wildman–Crippen LogP) is 4.16. The van der Waals surface area contributed by atoms with E-state index in [-0.39, 0.29) is 0 Å². The maximum absolute atomic E-state index is 2.87. The van der Waals surface area contributed by atoms with Crippen LogP contribution in [0.1, 0.15) is 11.1 Å². The van der Waals surface area contributed by atoms with Crippen molar-refractivity contribution in [2.45, 2.75) is 13.8 Å². The molecule has 2 rings (SSSR count). The Labute approximate surface area is 117 Å². The Bertz CT molecular complexity index is 512. The van der Waals surface area contributed by atoms with Gasteiger partial charge in [0.2, 0.25) is 0 Å². The third-order valence-corrected chi connectivity index (χ3v) is 6.43. The highest BCUT2D eigenvalue weighted by atomic mass is 32.0. The molecular formula is C14H18P4. The molecule has 0 bridgehead atoms. The van der Waals surface area contributed by atoms with Crippen LogP contribution in [0.25, 0.3) is 11.1 Å². The van der Waals surface area contributed by atoms with Gasteiger partial charge in [-0.1, -0.05) is 52.9 Å². The van der Waals surface area contributed by atoms with Gasteiger partial charge in [0.05, 0.1) is 0 Å². The summed E-state index contributed by atoms with van der Waals surface area (Å²) in [5, 5.41) is 2.89. The molecule has 0 aliphatic rings. The standard InChI is InChI=1S/C14H18P4/c1-9-5-3-7-11(17-15)13(9)14-10(2)6-4-8-12(14)18-16/h3-8,17-18H,15-16H2,1-2H3. The van der Waals surface area contributed by atoms with Gasteiger partial charge in [0.25, 0.3) is 0 Å². The molecule has 0 amide bonds. The molecule has 2 aromatic rings. The first-order valence-corrected chi connectivity index (χ1v) is 11.4. The second-order valence-electron chi connectivity index (χ2n) is 4.28. The molecule has 2 aromatic carbocycles. The van der Waals surface area contributed by atoms with Crippen LogP contribution in [0.4, 0.5) is 0 Å². The average molecular weight is 310 g/mol. The van der Waals surface area contributed by atoms with Crippen molar-refractivity contribution < 1.29 is 0 Å². The van der Waals surface area contributed by atoms with E-state index in [0.717, 1.165) is 16.5 Å². The molecule has 18 heavy (non-hydrogen) atoms. The zero-order valence-electron chi connectivity index (χ0n) is 10.6. The van der Waals surface area contributed by atoms with Gasteiger partial charge in [-0.15, -0.1) is 17.9 Å². The Morgan fingerprint density at radius 2 is 1.11 bits per heavy atom. The van der Waals surface area contributed by atoms with E-state index in [0.29, 0.717) is 0 Å². The van der Waals surface area contributed by atoms with Gasteiger partial charge >= 0.3 is 0 Å². The summed E-state index contributed by atoms with van der Waals surface area (Å²) in [6.45, 7) is 4.43. The molecule has 0 nitrogen and oxygen atoms in total. The van der Waals surface area contributed by atoms with Crippen LogP contribution < -0.4 is 10.6 Å². The fraction of sp³-hybridized carbons (Fsp3) is 0.143. The van der Waals surface area contributed by atoms with Crippen molar-refractivity contribution in [3.63, 3.8) is 0 Å². The summed E-state index contributed by atoms with van der Waals surface area (Å²) in [5.74, 6) is 0. The van der Waals surface area contributed by atoms with Crippen molar-refractivity contribution in [1.82, 2.24) is 0 Å². The van der Waals surface area contributed by atoms with Crippen LogP contribution in [-0.4, -0.2) is 0 Å². The molecule has 0 aromatic heterocycles. The molecule has 0 aliphatic carbocycles. The minimum atomic E-state index is 0.758. The van der Waals surface area contributed by atoms with E-state index in [1.54, 1.807) is 0 Å². The van der Waals surface area contributed by atoms with Crippen LogP contribution in [0.2, 0.25) is 0 Å². The molecule has 0 N–H and O–H groups in total. The van der Waals surface area contributed by atoms with Crippen LogP contribution >= 0.6 is 34.4 Å². The molecule has 0 radical (unpaired) electrons. The van der Waals surface area contributed by atoms with Crippen LogP contribution in [0, 0.1) is 13.8 Å². The van der Waals surface area contributed by atoms with E-state index in [2.05, 4.69) is 68.1 Å². The smallest absolute Gasteiger partial charge is 0.00679 e. The van der Waals surface area contributed by atoms with Crippen LogP contribution in [0.15, 0.2) is 36.4 Å². The lowest BCUT2D eigenvalue weighted by Gasteiger charge is -2.17. The molecule has 4 unspecified atom stereocenters. The Balaban J connectivity index is 2.76. The quantitative estimate of drug-likeness (QED) is 0.747. The minimum Gasteiger partial charge on any atom is -0.110 e. The van der Waals surface area contributed by atoms with Crippen molar-refractivity contribution in [1.29, 1.82) is 0 Å². The van der Waals surface area contributed by atoms with Gasteiger partial charge in [0, 0.05) is 0 Å². The van der Waals surface area contributed by atoms with Gasteiger partial charge in [0.1, 0.15) is 0 Å². The zero-order valence-corrected chi connectivity index (χ0v) is 14.9. The normalized spacial score (nSPS) is 12.0. The highest BCUT2D eigenvalue weighted by Crippen LogP contribution is 2.35. The highest BCUT2D eigenvalue weighted by molar-refractivity contribution is 8.07. The van der Waals surface area contributed by atoms with Crippen molar-refractivity contribution >= 4 is 45.0 Å². The second kappa shape index (κ2) is 6.55. The molecule has 94 valence electrons. The summed E-state index contributed by atoms with van der Waals surface area (Å²) in [4.78, 5) is 0. The molecular weight excluding hydrogens is 292 g/mol. The SMILES string of the molecule is Cc1cccc(PP)c1-c1c(C)cccc1PP. The van der Waals surface area contributed by atoms with Crippen LogP contribution in [0.5, 0.6) is 0 Å². The van der Waals surface area contributed by atoms with E-state index in [1.165, 1.54) is 32.9 Å². The van der Waals surface area contributed by atoms with Crippen molar-refractivity contribution in [2.24, 2.45) is 0 Å². The number of hydrogen-bond donors (Lipinski definition) is 0. The van der Waals surface area contributed by atoms with Gasteiger partial charge in [-0.2, -0.15) is 0 Å². The molecule has 0 saturated carbocycles. The maximum atomic E-state index is 2.87. The number of aryl methyl sites for hydroxylation is 2. The van der Waals surface area contributed by atoms with Gasteiger partial charge in [-0.05, 0) is 46.7 Å². The van der Waals surface area contributed by atoms with Crippen molar-refractivity contribution in [2.75, 3.05) is 0 Å². The Morgan fingerprint density at radius 3 is 1.44 bits per heavy atom. The number of benzene rings is 2. The van der Waals surface area contributed by atoms with Gasteiger partial charge in [-0.25, -0.2) is 0 Å². The Kier molecular flexibility index (Phi) is 5.30. The zero-order chi connectivity index (χ0) is 13.1. The monoisotopic (exact) mass is 310 g/mol. The molecule has 0 spiro atoms. The van der Waals surface area contributed by atoms with Crippen LogP contribution in [-0.2, 0) is 0 Å². The lowest BCUT2D eigenvalue weighted by Crippen LogP contribution is -2.09. The molecule has 4 atom stereocenters. The fourth-order valence-electron chi connectivity index (χ4n) is 2.24. The van der Waals surface area contributed by atoms with Crippen LogP contribution in [0.3, 0.4) is 0 Å². The van der Waals surface area contributed by atoms with Crippen molar-refractivity contribution in [3.8, 4) is 11.1 Å². The molecule has 0 fully saturated rings. The average Bonchev–Trinajstić information content (AvgIpc) is 2.38. The van der Waals surface area contributed by atoms with E-state index < -0.39 is 0 Å². The van der Waals surface area contributed by atoms with E-state index in [4.69, 9.17) is 0 Å². The predicted molar refractivity (Wildman–Crippen MR) is 96.7 cm³/mol. The summed E-state index contributed by atoms with van der Waals surface area (Å²) < 4.78 is 0. The topological polar surface area (TPSA) is 0 Å².